The highest BCUT2D eigenvalue weighted by atomic mass is 35.5. The minimum Gasteiger partial charge on any atom is -0.490 e. The van der Waals surface area contributed by atoms with Crippen LogP contribution in [0.1, 0.15) is 30.5 Å². The summed E-state index contributed by atoms with van der Waals surface area (Å²) in [7, 11) is 0. The second-order valence-corrected chi connectivity index (χ2v) is 9.74. The maximum Gasteiger partial charge on any atom is 0.238 e. The number of carbonyl (C=O) groups excluding carboxylic acids is 1. The molecule has 1 N–H and O–H groups in total. The van der Waals surface area contributed by atoms with Gasteiger partial charge in [0.25, 0.3) is 0 Å². The van der Waals surface area contributed by atoms with Crippen molar-refractivity contribution in [2.24, 2.45) is 0 Å². The molecule has 0 aliphatic carbocycles. The van der Waals surface area contributed by atoms with E-state index in [1.54, 1.807) is 18.2 Å². The van der Waals surface area contributed by atoms with Crippen molar-refractivity contribution in [1.82, 2.24) is 10.1 Å². The quantitative estimate of drug-likeness (QED) is 0.304. The number of aryl methyl sites for hydroxylation is 1. The van der Waals surface area contributed by atoms with Crippen LogP contribution >= 0.6 is 11.6 Å². The normalized spacial score (nSPS) is 15.2. The highest BCUT2D eigenvalue weighted by Gasteiger charge is 2.21. The Balaban J connectivity index is 1.41. The van der Waals surface area contributed by atoms with Crippen molar-refractivity contribution in [2.75, 3.05) is 25.0 Å². The van der Waals surface area contributed by atoms with Crippen LogP contribution in [0.15, 0.2) is 77.3 Å². The minimum absolute atomic E-state index is 0.160. The van der Waals surface area contributed by atoms with Gasteiger partial charge in [0, 0.05) is 22.7 Å². The highest BCUT2D eigenvalue weighted by molar-refractivity contribution is 6.31. The van der Waals surface area contributed by atoms with Crippen LogP contribution in [-0.4, -0.2) is 35.7 Å². The average molecular weight is 532 g/mol. The molecule has 196 valence electrons. The number of hydrogen-bond acceptors (Lipinski definition) is 6. The van der Waals surface area contributed by atoms with Gasteiger partial charge in [0.15, 0.2) is 23.0 Å². The average Bonchev–Trinajstić information content (AvgIpc) is 3.28. The second-order valence-electron chi connectivity index (χ2n) is 9.30. The lowest BCUT2D eigenvalue weighted by atomic mass is 10.1. The molecule has 1 amide bonds. The summed E-state index contributed by atoms with van der Waals surface area (Å²) in [6.45, 7) is 3.98. The van der Waals surface area contributed by atoms with E-state index in [9.17, 15) is 4.79 Å². The van der Waals surface area contributed by atoms with E-state index in [1.165, 1.54) is 0 Å². The first-order valence-corrected chi connectivity index (χ1v) is 13.2. The Labute approximate surface area is 227 Å². The van der Waals surface area contributed by atoms with Gasteiger partial charge in [-0.05, 0) is 63.1 Å². The number of carbonyl (C=O) groups is 1. The molecule has 0 unspecified atom stereocenters. The molecule has 2 heterocycles. The van der Waals surface area contributed by atoms with E-state index in [0.717, 1.165) is 48.4 Å². The van der Waals surface area contributed by atoms with Gasteiger partial charge in [0.2, 0.25) is 5.91 Å². The van der Waals surface area contributed by atoms with Gasteiger partial charge in [-0.15, -0.1) is 0 Å². The number of aromatic nitrogens is 1. The van der Waals surface area contributed by atoms with Gasteiger partial charge in [0.05, 0.1) is 24.5 Å². The molecule has 8 heteroatoms. The number of amides is 1. The van der Waals surface area contributed by atoms with Crippen LogP contribution in [0.2, 0.25) is 5.02 Å². The molecule has 0 radical (unpaired) electrons. The molecule has 1 aliphatic rings. The number of hydrogen-bond donors (Lipinski definition) is 1. The van der Waals surface area contributed by atoms with Crippen LogP contribution < -0.4 is 14.8 Å². The number of fused-ring (bicyclic) bond motifs is 2. The monoisotopic (exact) mass is 531 g/mol. The first kappa shape index (κ1) is 25.8. The van der Waals surface area contributed by atoms with E-state index in [-0.39, 0.29) is 12.5 Å². The molecule has 0 saturated heterocycles. The topological polar surface area (TPSA) is 76.8 Å². The summed E-state index contributed by atoms with van der Waals surface area (Å²) in [6, 6.07) is 22.6. The van der Waals surface area contributed by atoms with Crippen LogP contribution in [0, 0.1) is 6.92 Å². The number of halogens is 1. The van der Waals surface area contributed by atoms with Gasteiger partial charge in [-0.1, -0.05) is 59.2 Å². The van der Waals surface area contributed by atoms with Gasteiger partial charge in [-0.2, -0.15) is 0 Å². The van der Waals surface area contributed by atoms with Crippen LogP contribution in [0.4, 0.5) is 5.69 Å². The number of anilines is 1. The van der Waals surface area contributed by atoms with E-state index >= 15 is 0 Å². The Kier molecular flexibility index (Phi) is 8.26. The van der Waals surface area contributed by atoms with Gasteiger partial charge in [0.1, 0.15) is 0 Å². The summed E-state index contributed by atoms with van der Waals surface area (Å²) in [5.74, 6) is 2.30. The zero-order valence-electron chi connectivity index (χ0n) is 21.3. The fourth-order valence-electron chi connectivity index (χ4n) is 4.48. The third-order valence-electron chi connectivity index (χ3n) is 6.43. The molecule has 3 aromatic carbocycles. The zero-order valence-corrected chi connectivity index (χ0v) is 22.0. The van der Waals surface area contributed by atoms with E-state index in [2.05, 4.69) is 15.4 Å². The predicted octanol–water partition coefficient (Wildman–Crippen LogP) is 7.10. The molecule has 0 atom stereocenters. The third-order valence-corrected chi connectivity index (χ3v) is 6.67. The van der Waals surface area contributed by atoms with Crippen molar-refractivity contribution in [1.29, 1.82) is 0 Å². The Morgan fingerprint density at radius 1 is 0.947 bits per heavy atom. The van der Waals surface area contributed by atoms with Crippen LogP contribution in [0.5, 0.6) is 17.2 Å². The number of rotatable bonds is 3. The van der Waals surface area contributed by atoms with Crippen molar-refractivity contribution in [3.05, 3.63) is 89.1 Å². The Bertz CT molecular complexity index is 1390. The zero-order chi connectivity index (χ0) is 26.3. The smallest absolute Gasteiger partial charge is 0.238 e. The van der Waals surface area contributed by atoms with Crippen LogP contribution in [0.25, 0.3) is 11.3 Å². The number of benzene rings is 3. The molecule has 0 bridgehead atoms. The number of ether oxygens (including phenoxy) is 2. The second kappa shape index (κ2) is 12.2. The highest BCUT2D eigenvalue weighted by Crippen LogP contribution is 2.37. The molecule has 38 heavy (non-hydrogen) atoms. The summed E-state index contributed by atoms with van der Waals surface area (Å²) >= 11 is 6.28. The molecule has 0 fully saturated rings. The van der Waals surface area contributed by atoms with Crippen LogP contribution in [0.3, 0.4) is 0 Å². The largest absolute Gasteiger partial charge is 0.490 e. The van der Waals surface area contributed by atoms with E-state index < -0.39 is 0 Å². The lowest BCUT2D eigenvalue weighted by Gasteiger charge is -2.22. The summed E-state index contributed by atoms with van der Waals surface area (Å²) in [4.78, 5) is 15.4. The minimum atomic E-state index is -0.160. The molecule has 7 nitrogen and oxygen atoms in total. The van der Waals surface area contributed by atoms with Gasteiger partial charge >= 0.3 is 0 Å². The molecule has 4 aromatic rings. The van der Waals surface area contributed by atoms with E-state index in [0.29, 0.717) is 41.1 Å². The molecule has 1 aliphatic heterocycles. The molecular formula is C30H30ClN3O4. The van der Waals surface area contributed by atoms with Crippen molar-refractivity contribution in [3.63, 3.8) is 0 Å². The molecule has 1 aromatic heterocycles. The van der Waals surface area contributed by atoms with Crippen LogP contribution in [-0.2, 0) is 11.3 Å². The van der Waals surface area contributed by atoms with E-state index in [4.69, 9.17) is 25.6 Å². The first-order valence-electron chi connectivity index (χ1n) is 12.8. The Morgan fingerprint density at radius 3 is 2.58 bits per heavy atom. The number of para-hydroxylation sites is 2. The van der Waals surface area contributed by atoms with E-state index in [1.807, 2.05) is 61.5 Å². The standard InChI is InChI=1S/C30H30ClN3O4/c1-21-24(30(38-33-21)22-10-4-2-5-11-22)19-34-16-8-3-9-17-36-27-12-6-7-13-28(27)37-26-15-14-23(31)18-25(26)32-29(35)20-34/h2,4-7,10-15,18H,3,8-9,16-17,19-20H2,1H3,(H,32,35). The lowest BCUT2D eigenvalue weighted by Crippen LogP contribution is -2.34. The molecular weight excluding hydrogens is 502 g/mol. The lowest BCUT2D eigenvalue weighted by molar-refractivity contribution is -0.117. The Morgan fingerprint density at radius 2 is 1.74 bits per heavy atom. The molecule has 5 rings (SSSR count). The van der Waals surface area contributed by atoms with Gasteiger partial charge in [-0.25, -0.2) is 0 Å². The summed E-state index contributed by atoms with van der Waals surface area (Å²) in [5, 5.41) is 7.72. The summed E-state index contributed by atoms with van der Waals surface area (Å²) in [6.07, 6.45) is 2.77. The summed E-state index contributed by atoms with van der Waals surface area (Å²) < 4.78 is 17.9. The van der Waals surface area contributed by atoms with Crippen molar-refractivity contribution >= 4 is 23.2 Å². The molecule has 0 saturated carbocycles. The van der Waals surface area contributed by atoms with Crippen molar-refractivity contribution in [2.45, 2.75) is 32.7 Å². The first-order chi connectivity index (χ1) is 18.6. The summed E-state index contributed by atoms with van der Waals surface area (Å²) in [5.41, 5.74) is 3.26. The molecule has 0 spiro atoms. The maximum absolute atomic E-state index is 13.3. The fourth-order valence-corrected chi connectivity index (χ4v) is 4.65. The third kappa shape index (κ3) is 6.36. The SMILES string of the molecule is Cc1noc(-c2ccccc2)c1CN1CCCCCOc2ccccc2Oc2ccc(Cl)cc2NC(=O)C1. The Hall–Kier alpha value is -3.81. The fraction of sp³-hybridized carbons (Fsp3) is 0.267. The van der Waals surface area contributed by atoms with Gasteiger partial charge < -0.3 is 19.3 Å². The maximum atomic E-state index is 13.3. The number of nitrogens with zero attached hydrogens (tertiary/aromatic N) is 2. The van der Waals surface area contributed by atoms with Crippen molar-refractivity contribution < 1.29 is 18.8 Å². The predicted molar refractivity (Wildman–Crippen MR) is 148 cm³/mol. The number of nitrogens with one attached hydrogen (secondary N) is 1. The van der Waals surface area contributed by atoms with Crippen molar-refractivity contribution in [3.8, 4) is 28.6 Å². The van der Waals surface area contributed by atoms with Gasteiger partial charge in [-0.3, -0.25) is 9.69 Å².